The Bertz CT molecular complexity index is 1010. The summed E-state index contributed by atoms with van der Waals surface area (Å²) in [5, 5.41) is 7.07. The number of halogens is 3. The Labute approximate surface area is 166 Å². The first kappa shape index (κ1) is 20.6. The first-order chi connectivity index (χ1) is 13.7. The molecule has 0 aliphatic heterocycles. The molecule has 0 aliphatic rings. The molecule has 1 aromatic carbocycles. The summed E-state index contributed by atoms with van der Waals surface area (Å²) in [6, 6.07) is 10.0. The van der Waals surface area contributed by atoms with Crippen LogP contribution in [0.2, 0.25) is 0 Å². The molecule has 0 bridgehead atoms. The lowest BCUT2D eigenvalue weighted by molar-refractivity contribution is -0.137. The Morgan fingerprint density at radius 2 is 1.93 bits per heavy atom. The number of aromatic nitrogens is 3. The third-order valence-electron chi connectivity index (χ3n) is 4.43. The molecule has 3 rings (SSSR count). The van der Waals surface area contributed by atoms with Gasteiger partial charge in [-0.05, 0) is 30.5 Å². The first-order valence-electron chi connectivity index (χ1n) is 9.12. The van der Waals surface area contributed by atoms with Crippen molar-refractivity contribution in [2.45, 2.75) is 39.4 Å². The molecule has 2 aromatic heterocycles. The van der Waals surface area contributed by atoms with Crippen LogP contribution in [0.3, 0.4) is 0 Å². The van der Waals surface area contributed by atoms with Crippen molar-refractivity contribution in [2.24, 2.45) is 0 Å². The van der Waals surface area contributed by atoms with Crippen molar-refractivity contribution in [3.05, 3.63) is 76.7 Å². The first-order valence-corrected chi connectivity index (χ1v) is 9.12. The summed E-state index contributed by atoms with van der Waals surface area (Å²) in [6.07, 6.45) is -2.28. The summed E-state index contributed by atoms with van der Waals surface area (Å²) in [5.74, 6) is -0.172. The summed E-state index contributed by atoms with van der Waals surface area (Å²) in [5.41, 5.74) is 2.19. The lowest BCUT2D eigenvalue weighted by Gasteiger charge is -2.13. The van der Waals surface area contributed by atoms with Gasteiger partial charge in [0.1, 0.15) is 0 Å². The van der Waals surface area contributed by atoms with Crippen LogP contribution in [0.4, 0.5) is 13.2 Å². The Morgan fingerprint density at radius 3 is 2.52 bits per heavy atom. The predicted octanol–water partition coefficient (Wildman–Crippen LogP) is 4.65. The molecule has 5 nitrogen and oxygen atoms in total. The molecule has 0 spiro atoms. The number of amides is 1. The zero-order valence-corrected chi connectivity index (χ0v) is 16.3. The summed E-state index contributed by atoms with van der Waals surface area (Å²) < 4.78 is 39.7. The molecule has 2 heterocycles. The Kier molecular flexibility index (Phi) is 5.72. The number of pyridine rings is 1. The minimum absolute atomic E-state index is 0.0960. The minimum atomic E-state index is -4.46. The highest BCUT2D eigenvalue weighted by atomic mass is 19.4. The van der Waals surface area contributed by atoms with E-state index in [4.69, 9.17) is 0 Å². The van der Waals surface area contributed by atoms with Crippen molar-refractivity contribution < 1.29 is 18.0 Å². The number of nitrogens with one attached hydrogen (secondary N) is 1. The third kappa shape index (κ3) is 4.64. The van der Waals surface area contributed by atoms with Crippen LogP contribution >= 0.6 is 0 Å². The topological polar surface area (TPSA) is 59.8 Å². The number of carbonyl (C=O) groups excluding carboxylic acids is 1. The summed E-state index contributed by atoms with van der Waals surface area (Å²) in [6.45, 7) is 6.11. The maximum absolute atomic E-state index is 12.8. The molecular weight excluding hydrogens is 381 g/mol. The van der Waals surface area contributed by atoms with Crippen LogP contribution in [0.25, 0.3) is 5.82 Å². The number of aryl methyl sites for hydroxylation is 1. The Morgan fingerprint density at radius 1 is 1.17 bits per heavy atom. The van der Waals surface area contributed by atoms with Crippen LogP contribution in [0.1, 0.15) is 52.5 Å². The van der Waals surface area contributed by atoms with Gasteiger partial charge in [-0.15, -0.1) is 0 Å². The molecule has 1 amide bonds. The SMILES string of the molecule is Cc1cccc(CNC(=O)c2cnn(-c3ccc(C(F)(F)F)cn3)c2C(C)C)c1. The molecule has 8 heteroatoms. The number of nitrogens with zero attached hydrogens (tertiary/aromatic N) is 3. The van der Waals surface area contributed by atoms with Crippen molar-refractivity contribution in [3.63, 3.8) is 0 Å². The predicted molar refractivity (Wildman–Crippen MR) is 103 cm³/mol. The molecule has 1 N–H and O–H groups in total. The van der Waals surface area contributed by atoms with Gasteiger partial charge in [0.2, 0.25) is 0 Å². The standard InChI is InChI=1S/C21H21F3N4O/c1-13(2)19-17(20(29)26-10-15-6-4-5-14(3)9-15)12-27-28(19)18-8-7-16(11-25-18)21(22,23)24/h4-9,11-13H,10H2,1-3H3,(H,26,29). The zero-order chi connectivity index (χ0) is 21.2. The highest BCUT2D eigenvalue weighted by Gasteiger charge is 2.31. The molecule has 0 saturated carbocycles. The number of rotatable bonds is 5. The average molecular weight is 402 g/mol. The van der Waals surface area contributed by atoms with E-state index in [0.717, 1.165) is 23.4 Å². The normalized spacial score (nSPS) is 11.7. The molecular formula is C21H21F3N4O. The van der Waals surface area contributed by atoms with E-state index >= 15 is 0 Å². The van der Waals surface area contributed by atoms with Crippen molar-refractivity contribution in [1.82, 2.24) is 20.1 Å². The quantitative estimate of drug-likeness (QED) is 0.676. The second kappa shape index (κ2) is 8.06. The third-order valence-corrected chi connectivity index (χ3v) is 4.43. The van der Waals surface area contributed by atoms with E-state index in [1.807, 2.05) is 45.0 Å². The average Bonchev–Trinajstić information content (AvgIpc) is 3.11. The van der Waals surface area contributed by atoms with Crippen molar-refractivity contribution in [3.8, 4) is 5.82 Å². The molecule has 0 saturated heterocycles. The number of hydrogen-bond donors (Lipinski definition) is 1. The number of alkyl halides is 3. The van der Waals surface area contributed by atoms with Crippen LogP contribution in [0, 0.1) is 6.92 Å². The van der Waals surface area contributed by atoms with E-state index in [9.17, 15) is 18.0 Å². The van der Waals surface area contributed by atoms with E-state index in [2.05, 4.69) is 15.4 Å². The van der Waals surface area contributed by atoms with Crippen molar-refractivity contribution in [1.29, 1.82) is 0 Å². The van der Waals surface area contributed by atoms with E-state index in [1.54, 1.807) is 0 Å². The smallest absolute Gasteiger partial charge is 0.348 e. The highest BCUT2D eigenvalue weighted by Crippen LogP contribution is 2.29. The maximum atomic E-state index is 12.8. The van der Waals surface area contributed by atoms with Gasteiger partial charge >= 0.3 is 6.18 Å². The fourth-order valence-electron chi connectivity index (χ4n) is 3.05. The molecule has 0 radical (unpaired) electrons. The van der Waals surface area contributed by atoms with Gasteiger partial charge in [0, 0.05) is 12.7 Å². The van der Waals surface area contributed by atoms with Gasteiger partial charge in [0.05, 0.1) is 23.0 Å². The number of benzene rings is 1. The molecule has 0 atom stereocenters. The largest absolute Gasteiger partial charge is 0.417 e. The fourth-order valence-corrected chi connectivity index (χ4v) is 3.05. The van der Waals surface area contributed by atoms with Gasteiger partial charge in [-0.1, -0.05) is 43.7 Å². The summed E-state index contributed by atoms with van der Waals surface area (Å²) >= 11 is 0. The van der Waals surface area contributed by atoms with Gasteiger partial charge in [-0.25, -0.2) is 9.67 Å². The van der Waals surface area contributed by atoms with E-state index in [1.165, 1.54) is 16.9 Å². The minimum Gasteiger partial charge on any atom is -0.348 e. The second-order valence-corrected chi connectivity index (χ2v) is 7.08. The Hall–Kier alpha value is -3.16. The lowest BCUT2D eigenvalue weighted by Crippen LogP contribution is -2.24. The zero-order valence-electron chi connectivity index (χ0n) is 16.3. The molecule has 0 fully saturated rings. The fraction of sp³-hybridized carbons (Fsp3) is 0.286. The highest BCUT2D eigenvalue weighted by molar-refractivity contribution is 5.95. The van der Waals surface area contributed by atoms with E-state index < -0.39 is 11.7 Å². The molecule has 0 aliphatic carbocycles. The molecule has 3 aromatic rings. The van der Waals surface area contributed by atoms with Crippen molar-refractivity contribution in [2.75, 3.05) is 0 Å². The van der Waals surface area contributed by atoms with Crippen LogP contribution in [-0.2, 0) is 12.7 Å². The van der Waals surface area contributed by atoms with E-state index in [-0.39, 0.29) is 17.6 Å². The van der Waals surface area contributed by atoms with Gasteiger partial charge in [-0.2, -0.15) is 18.3 Å². The van der Waals surface area contributed by atoms with Gasteiger partial charge in [0.25, 0.3) is 5.91 Å². The number of hydrogen-bond acceptors (Lipinski definition) is 3. The maximum Gasteiger partial charge on any atom is 0.417 e. The molecule has 0 unspecified atom stereocenters. The molecule has 29 heavy (non-hydrogen) atoms. The second-order valence-electron chi connectivity index (χ2n) is 7.08. The van der Waals surface area contributed by atoms with Gasteiger partial charge in [0.15, 0.2) is 5.82 Å². The lowest BCUT2D eigenvalue weighted by atomic mass is 10.0. The summed E-state index contributed by atoms with van der Waals surface area (Å²) in [4.78, 5) is 16.6. The summed E-state index contributed by atoms with van der Waals surface area (Å²) in [7, 11) is 0. The van der Waals surface area contributed by atoms with Crippen LogP contribution in [-0.4, -0.2) is 20.7 Å². The molecule has 152 valence electrons. The van der Waals surface area contributed by atoms with Crippen LogP contribution in [0.5, 0.6) is 0 Å². The van der Waals surface area contributed by atoms with Crippen LogP contribution < -0.4 is 5.32 Å². The van der Waals surface area contributed by atoms with Crippen LogP contribution in [0.15, 0.2) is 48.8 Å². The van der Waals surface area contributed by atoms with Gasteiger partial charge in [-0.3, -0.25) is 4.79 Å². The number of carbonyl (C=O) groups is 1. The monoisotopic (exact) mass is 402 g/mol. The van der Waals surface area contributed by atoms with Crippen molar-refractivity contribution >= 4 is 5.91 Å². The Balaban J connectivity index is 1.85. The van der Waals surface area contributed by atoms with E-state index in [0.29, 0.717) is 17.8 Å². The van der Waals surface area contributed by atoms with Gasteiger partial charge < -0.3 is 5.32 Å².